The Bertz CT molecular complexity index is 980. The number of nitrogens with one attached hydrogen (secondary N) is 3. The fraction of sp³-hybridized carbons (Fsp3) is 0.333. The summed E-state index contributed by atoms with van der Waals surface area (Å²) in [5, 5.41) is 2.94. The van der Waals surface area contributed by atoms with Gasteiger partial charge in [0.1, 0.15) is 5.69 Å². The summed E-state index contributed by atoms with van der Waals surface area (Å²) < 4.78 is 0. The standard InChI is InChI=1S/C18H18N4O4/c1-9(23)22-7-12-10-4-2-3-5-11(10)16(13(12)8-22)21-17(25)14-6-15(24)20-18(26)19-14/h2-6,12-13,16H,7-8H2,1H3,(H,21,25)(H2,19,20,24,26)/t12-,13-,16-/m0/s1. The second-order valence-electron chi connectivity index (χ2n) is 6.78. The summed E-state index contributed by atoms with van der Waals surface area (Å²) in [7, 11) is 0. The molecule has 0 saturated carbocycles. The number of amides is 2. The van der Waals surface area contributed by atoms with Crippen molar-refractivity contribution >= 4 is 11.8 Å². The number of nitrogens with zero attached hydrogens (tertiary/aromatic N) is 1. The van der Waals surface area contributed by atoms with Crippen molar-refractivity contribution in [3.05, 3.63) is 68.0 Å². The van der Waals surface area contributed by atoms with Gasteiger partial charge in [-0.25, -0.2) is 4.79 Å². The number of rotatable bonds is 2. The van der Waals surface area contributed by atoms with E-state index in [9.17, 15) is 19.2 Å². The van der Waals surface area contributed by atoms with Crippen LogP contribution in [0.15, 0.2) is 39.9 Å². The SMILES string of the molecule is CC(=O)N1C[C@H]2[C@@H](C1)c1ccccc1[C@@H]2NC(=O)c1cc(=O)[nH]c(=O)[nH]1. The quantitative estimate of drug-likeness (QED) is 0.710. The molecule has 1 aliphatic carbocycles. The number of fused-ring (bicyclic) bond motifs is 3. The van der Waals surface area contributed by atoms with E-state index in [-0.39, 0.29) is 29.5 Å². The van der Waals surface area contributed by atoms with Crippen LogP contribution < -0.4 is 16.6 Å². The predicted molar refractivity (Wildman–Crippen MR) is 92.8 cm³/mol. The first-order valence-electron chi connectivity index (χ1n) is 8.43. The minimum atomic E-state index is -0.726. The maximum atomic E-state index is 12.6. The Labute approximate surface area is 148 Å². The number of hydrogen-bond acceptors (Lipinski definition) is 4. The van der Waals surface area contributed by atoms with E-state index in [1.54, 1.807) is 11.8 Å². The van der Waals surface area contributed by atoms with Crippen LogP contribution in [0.5, 0.6) is 0 Å². The minimum absolute atomic E-state index is 0.0147. The van der Waals surface area contributed by atoms with Gasteiger partial charge in [-0.05, 0) is 11.1 Å². The van der Waals surface area contributed by atoms with Crippen LogP contribution in [-0.2, 0) is 4.79 Å². The number of carbonyl (C=O) groups excluding carboxylic acids is 2. The molecule has 3 N–H and O–H groups in total. The molecule has 2 aliphatic rings. The highest BCUT2D eigenvalue weighted by molar-refractivity contribution is 5.92. The average molecular weight is 354 g/mol. The molecule has 1 aliphatic heterocycles. The fourth-order valence-corrected chi connectivity index (χ4v) is 4.11. The second-order valence-corrected chi connectivity index (χ2v) is 6.78. The second kappa shape index (κ2) is 5.98. The molecule has 26 heavy (non-hydrogen) atoms. The van der Waals surface area contributed by atoms with Crippen LogP contribution in [0.25, 0.3) is 0 Å². The molecule has 8 nitrogen and oxygen atoms in total. The van der Waals surface area contributed by atoms with E-state index in [1.165, 1.54) is 0 Å². The molecule has 1 fully saturated rings. The van der Waals surface area contributed by atoms with Crippen LogP contribution in [0.3, 0.4) is 0 Å². The van der Waals surface area contributed by atoms with Crippen molar-refractivity contribution in [3.8, 4) is 0 Å². The van der Waals surface area contributed by atoms with Crippen LogP contribution in [-0.4, -0.2) is 39.8 Å². The van der Waals surface area contributed by atoms with Gasteiger partial charge in [0.05, 0.1) is 6.04 Å². The Kier molecular flexibility index (Phi) is 3.75. The molecule has 0 radical (unpaired) electrons. The third-order valence-corrected chi connectivity index (χ3v) is 5.26. The molecular formula is C18H18N4O4. The molecule has 0 bridgehead atoms. The topological polar surface area (TPSA) is 115 Å². The number of likely N-dealkylation sites (tertiary alicyclic amines) is 1. The summed E-state index contributed by atoms with van der Waals surface area (Å²) in [6.45, 7) is 2.73. The lowest BCUT2D eigenvalue weighted by atomic mass is 9.94. The van der Waals surface area contributed by atoms with Crippen LogP contribution in [0.2, 0.25) is 0 Å². The van der Waals surface area contributed by atoms with Gasteiger partial charge < -0.3 is 15.2 Å². The zero-order valence-corrected chi connectivity index (χ0v) is 14.1. The van der Waals surface area contributed by atoms with E-state index >= 15 is 0 Å². The van der Waals surface area contributed by atoms with Crippen LogP contribution >= 0.6 is 0 Å². The maximum absolute atomic E-state index is 12.6. The van der Waals surface area contributed by atoms with E-state index in [2.05, 4.69) is 10.3 Å². The molecule has 2 heterocycles. The number of aromatic nitrogens is 2. The minimum Gasteiger partial charge on any atom is -0.344 e. The molecule has 2 amide bonds. The van der Waals surface area contributed by atoms with Gasteiger partial charge in [0, 0.05) is 37.9 Å². The zero-order valence-electron chi connectivity index (χ0n) is 14.1. The first-order chi connectivity index (χ1) is 12.4. The normalized spacial score (nSPS) is 23.4. The number of aromatic amines is 2. The molecule has 1 aromatic heterocycles. The van der Waals surface area contributed by atoms with Gasteiger partial charge in [-0.2, -0.15) is 0 Å². The first-order valence-corrected chi connectivity index (χ1v) is 8.43. The highest BCUT2D eigenvalue weighted by Crippen LogP contribution is 2.49. The van der Waals surface area contributed by atoms with Crippen LogP contribution in [0, 0.1) is 5.92 Å². The third-order valence-electron chi connectivity index (χ3n) is 5.26. The van der Waals surface area contributed by atoms with E-state index in [0.717, 1.165) is 17.2 Å². The maximum Gasteiger partial charge on any atom is 0.326 e. The molecule has 1 aromatic carbocycles. The first kappa shape index (κ1) is 16.3. The lowest BCUT2D eigenvalue weighted by Gasteiger charge is -2.22. The van der Waals surface area contributed by atoms with Gasteiger partial charge in [0.2, 0.25) is 5.91 Å². The van der Waals surface area contributed by atoms with Gasteiger partial charge in [0.15, 0.2) is 0 Å². The van der Waals surface area contributed by atoms with Gasteiger partial charge in [0.25, 0.3) is 11.5 Å². The van der Waals surface area contributed by atoms with E-state index in [1.807, 2.05) is 29.2 Å². The zero-order chi connectivity index (χ0) is 18.4. The van der Waals surface area contributed by atoms with Crippen molar-refractivity contribution in [2.24, 2.45) is 5.92 Å². The molecule has 3 atom stereocenters. The van der Waals surface area contributed by atoms with Crippen molar-refractivity contribution < 1.29 is 9.59 Å². The van der Waals surface area contributed by atoms with Gasteiger partial charge in [-0.1, -0.05) is 24.3 Å². The van der Waals surface area contributed by atoms with Crippen molar-refractivity contribution in [1.82, 2.24) is 20.2 Å². The number of carbonyl (C=O) groups is 2. The lowest BCUT2D eigenvalue weighted by Crippen LogP contribution is -2.36. The largest absolute Gasteiger partial charge is 0.344 e. The van der Waals surface area contributed by atoms with Crippen molar-refractivity contribution in [3.63, 3.8) is 0 Å². The van der Waals surface area contributed by atoms with Gasteiger partial charge in [-0.3, -0.25) is 19.4 Å². The molecule has 1 saturated heterocycles. The molecular weight excluding hydrogens is 336 g/mol. The lowest BCUT2D eigenvalue weighted by molar-refractivity contribution is -0.128. The van der Waals surface area contributed by atoms with Crippen LogP contribution in [0.4, 0.5) is 0 Å². The number of H-pyrrole nitrogens is 2. The summed E-state index contributed by atoms with van der Waals surface area (Å²) in [6.07, 6.45) is 0. The number of hydrogen-bond donors (Lipinski definition) is 3. The molecule has 0 unspecified atom stereocenters. The summed E-state index contributed by atoms with van der Waals surface area (Å²) in [4.78, 5) is 53.4. The Morgan fingerprint density at radius 2 is 1.85 bits per heavy atom. The third kappa shape index (κ3) is 2.63. The van der Waals surface area contributed by atoms with Crippen molar-refractivity contribution in [1.29, 1.82) is 0 Å². The highest BCUT2D eigenvalue weighted by atomic mass is 16.2. The molecule has 2 aromatic rings. The Balaban J connectivity index is 1.66. The Morgan fingerprint density at radius 3 is 2.54 bits per heavy atom. The predicted octanol–water partition coefficient (Wildman–Crippen LogP) is 0.110. The van der Waals surface area contributed by atoms with Crippen molar-refractivity contribution in [2.45, 2.75) is 18.9 Å². The van der Waals surface area contributed by atoms with Gasteiger partial charge in [-0.15, -0.1) is 0 Å². The van der Waals surface area contributed by atoms with E-state index in [4.69, 9.17) is 0 Å². The Hall–Kier alpha value is -3.16. The van der Waals surface area contributed by atoms with Gasteiger partial charge >= 0.3 is 5.69 Å². The smallest absolute Gasteiger partial charge is 0.326 e. The van der Waals surface area contributed by atoms with E-state index < -0.39 is 17.2 Å². The van der Waals surface area contributed by atoms with E-state index in [0.29, 0.717) is 13.1 Å². The van der Waals surface area contributed by atoms with Crippen molar-refractivity contribution in [2.75, 3.05) is 13.1 Å². The summed E-state index contributed by atoms with van der Waals surface area (Å²) in [5.41, 5.74) is 0.710. The van der Waals surface area contributed by atoms with Crippen LogP contribution in [0.1, 0.15) is 40.5 Å². The molecule has 4 rings (SSSR count). The average Bonchev–Trinajstić information content (AvgIpc) is 3.14. The summed E-state index contributed by atoms with van der Waals surface area (Å²) in [5.74, 6) is -0.275. The number of benzene rings is 1. The molecule has 134 valence electrons. The Morgan fingerprint density at radius 1 is 1.12 bits per heavy atom. The molecule has 0 spiro atoms. The fourth-order valence-electron chi connectivity index (χ4n) is 4.11. The monoisotopic (exact) mass is 354 g/mol. The summed E-state index contributed by atoms with van der Waals surface area (Å²) in [6, 6.07) is 8.64. The highest BCUT2D eigenvalue weighted by Gasteiger charge is 2.47. The molecule has 8 heteroatoms. The summed E-state index contributed by atoms with van der Waals surface area (Å²) >= 11 is 0.